The minimum Gasteiger partial charge on any atom is -0.482 e. The Morgan fingerprint density at radius 1 is 1.45 bits per heavy atom. The lowest BCUT2D eigenvalue weighted by Crippen LogP contribution is -2.39. The first-order chi connectivity index (χ1) is 9.42. The maximum Gasteiger partial charge on any atom is 0.349 e. The Hall–Kier alpha value is -2.24. The number of anilines is 1. The van der Waals surface area contributed by atoms with Crippen LogP contribution >= 0.6 is 0 Å². The van der Waals surface area contributed by atoms with E-state index in [4.69, 9.17) is 14.2 Å². The van der Waals surface area contributed by atoms with Crippen molar-refractivity contribution < 1.29 is 23.8 Å². The highest BCUT2D eigenvalue weighted by Gasteiger charge is 2.32. The molecule has 1 aromatic rings. The van der Waals surface area contributed by atoms with Gasteiger partial charge >= 0.3 is 5.97 Å². The maximum atomic E-state index is 11.8. The molecule has 1 aromatic carbocycles. The second-order valence-electron chi connectivity index (χ2n) is 4.83. The predicted octanol–water partition coefficient (Wildman–Crippen LogP) is 1.74. The lowest BCUT2D eigenvalue weighted by molar-refractivity contribution is -0.158. The van der Waals surface area contributed by atoms with Gasteiger partial charge in [0.2, 0.25) is 0 Å². The van der Waals surface area contributed by atoms with Gasteiger partial charge in [0.25, 0.3) is 5.91 Å². The summed E-state index contributed by atoms with van der Waals surface area (Å²) in [5, 5.41) is 2.68. The predicted molar refractivity (Wildman–Crippen MR) is 71.9 cm³/mol. The molecular formula is C14H17NO5. The second kappa shape index (κ2) is 5.40. The van der Waals surface area contributed by atoms with Crippen molar-refractivity contribution in [3.8, 4) is 11.5 Å². The van der Waals surface area contributed by atoms with E-state index in [0.717, 1.165) is 0 Å². The standard InChI is InChI=1S/C14H17NO5/c1-4-18-13(17)14(2,3)20-9-5-6-11-10(7-9)15-12(16)8-19-11/h5-7H,4,8H2,1-3H3,(H,15,16). The third-order valence-electron chi connectivity index (χ3n) is 2.72. The summed E-state index contributed by atoms with van der Waals surface area (Å²) >= 11 is 0. The molecule has 20 heavy (non-hydrogen) atoms. The fourth-order valence-electron chi connectivity index (χ4n) is 1.77. The molecule has 0 saturated heterocycles. The molecule has 0 saturated carbocycles. The summed E-state index contributed by atoms with van der Waals surface area (Å²) < 4.78 is 15.8. The summed E-state index contributed by atoms with van der Waals surface area (Å²) in [7, 11) is 0. The minimum absolute atomic E-state index is 0.00151. The molecule has 0 fully saturated rings. The van der Waals surface area contributed by atoms with Gasteiger partial charge in [-0.2, -0.15) is 0 Å². The topological polar surface area (TPSA) is 73.9 Å². The van der Waals surface area contributed by atoms with Crippen LogP contribution < -0.4 is 14.8 Å². The Balaban J connectivity index is 2.16. The van der Waals surface area contributed by atoms with Gasteiger partial charge in [-0.05, 0) is 32.9 Å². The van der Waals surface area contributed by atoms with Gasteiger partial charge in [0, 0.05) is 6.07 Å². The summed E-state index contributed by atoms with van der Waals surface area (Å²) in [6, 6.07) is 4.98. The molecule has 0 radical (unpaired) electrons. The zero-order chi connectivity index (χ0) is 14.8. The Kier molecular flexibility index (Phi) is 3.83. The van der Waals surface area contributed by atoms with E-state index >= 15 is 0 Å². The van der Waals surface area contributed by atoms with Gasteiger partial charge in [-0.3, -0.25) is 4.79 Å². The summed E-state index contributed by atoms with van der Waals surface area (Å²) in [4.78, 5) is 23.0. The van der Waals surface area contributed by atoms with Crippen LogP contribution in [0.15, 0.2) is 18.2 Å². The molecule has 1 aliphatic heterocycles. The van der Waals surface area contributed by atoms with E-state index in [9.17, 15) is 9.59 Å². The molecule has 0 spiro atoms. The van der Waals surface area contributed by atoms with E-state index in [-0.39, 0.29) is 12.5 Å². The van der Waals surface area contributed by atoms with Crippen LogP contribution in [0.3, 0.4) is 0 Å². The smallest absolute Gasteiger partial charge is 0.349 e. The number of rotatable bonds is 4. The molecule has 0 aromatic heterocycles. The zero-order valence-electron chi connectivity index (χ0n) is 11.7. The average Bonchev–Trinajstić information content (AvgIpc) is 2.38. The van der Waals surface area contributed by atoms with Crippen LogP contribution in [0.4, 0.5) is 5.69 Å². The van der Waals surface area contributed by atoms with Crippen LogP contribution in [0, 0.1) is 0 Å². The number of nitrogens with one attached hydrogen (secondary N) is 1. The van der Waals surface area contributed by atoms with Crippen LogP contribution in [-0.2, 0) is 14.3 Å². The normalized spacial score (nSPS) is 13.8. The van der Waals surface area contributed by atoms with Gasteiger partial charge in [0.05, 0.1) is 12.3 Å². The van der Waals surface area contributed by atoms with E-state index in [1.165, 1.54) is 0 Å². The molecule has 1 N–H and O–H groups in total. The van der Waals surface area contributed by atoms with Crippen molar-refractivity contribution >= 4 is 17.6 Å². The Labute approximate surface area is 117 Å². The quantitative estimate of drug-likeness (QED) is 0.850. The molecule has 108 valence electrons. The highest BCUT2D eigenvalue weighted by molar-refractivity contribution is 5.95. The van der Waals surface area contributed by atoms with Crippen molar-refractivity contribution in [3.63, 3.8) is 0 Å². The van der Waals surface area contributed by atoms with E-state index in [2.05, 4.69) is 5.32 Å². The first-order valence-electron chi connectivity index (χ1n) is 6.35. The fraction of sp³-hybridized carbons (Fsp3) is 0.429. The highest BCUT2D eigenvalue weighted by atomic mass is 16.6. The molecule has 0 atom stereocenters. The van der Waals surface area contributed by atoms with Crippen LogP contribution in [-0.4, -0.2) is 30.7 Å². The van der Waals surface area contributed by atoms with Crippen molar-refractivity contribution in [1.29, 1.82) is 0 Å². The van der Waals surface area contributed by atoms with Crippen LogP contribution in [0.5, 0.6) is 11.5 Å². The zero-order valence-corrected chi connectivity index (χ0v) is 11.7. The molecule has 1 amide bonds. The molecule has 2 rings (SSSR count). The molecule has 1 aliphatic rings. The number of benzene rings is 1. The number of hydrogen-bond donors (Lipinski definition) is 1. The lowest BCUT2D eigenvalue weighted by atomic mass is 10.1. The number of carbonyl (C=O) groups is 2. The van der Waals surface area contributed by atoms with Crippen molar-refractivity contribution in [1.82, 2.24) is 0 Å². The third kappa shape index (κ3) is 3.01. The minimum atomic E-state index is -1.11. The van der Waals surface area contributed by atoms with Gasteiger partial charge in [-0.1, -0.05) is 0 Å². The van der Waals surface area contributed by atoms with Crippen LogP contribution in [0.2, 0.25) is 0 Å². The van der Waals surface area contributed by atoms with E-state index in [1.807, 2.05) is 0 Å². The molecule has 0 aliphatic carbocycles. The number of ether oxygens (including phenoxy) is 3. The van der Waals surface area contributed by atoms with Gasteiger partial charge in [0.1, 0.15) is 11.5 Å². The summed E-state index contributed by atoms with van der Waals surface area (Å²) in [6.07, 6.45) is 0. The van der Waals surface area contributed by atoms with Crippen LogP contribution in [0.25, 0.3) is 0 Å². The number of amides is 1. The molecule has 6 heteroatoms. The van der Waals surface area contributed by atoms with E-state index in [1.54, 1.807) is 39.0 Å². The first kappa shape index (κ1) is 14.2. The monoisotopic (exact) mass is 279 g/mol. The van der Waals surface area contributed by atoms with E-state index in [0.29, 0.717) is 23.8 Å². The van der Waals surface area contributed by atoms with Crippen LogP contribution in [0.1, 0.15) is 20.8 Å². The third-order valence-corrected chi connectivity index (χ3v) is 2.72. The SMILES string of the molecule is CCOC(=O)C(C)(C)Oc1ccc2c(c1)NC(=O)CO2. The second-order valence-corrected chi connectivity index (χ2v) is 4.83. The maximum absolute atomic E-state index is 11.8. The number of carbonyl (C=O) groups excluding carboxylic acids is 2. The summed E-state index contributed by atoms with van der Waals surface area (Å²) in [5.41, 5.74) is -0.581. The highest BCUT2D eigenvalue weighted by Crippen LogP contribution is 2.32. The van der Waals surface area contributed by atoms with Crippen molar-refractivity contribution in [2.45, 2.75) is 26.4 Å². The first-order valence-corrected chi connectivity index (χ1v) is 6.35. The Morgan fingerprint density at radius 2 is 2.20 bits per heavy atom. The molecule has 1 heterocycles. The summed E-state index contributed by atoms with van der Waals surface area (Å²) in [6.45, 7) is 5.28. The van der Waals surface area contributed by atoms with Crippen molar-refractivity contribution in [3.05, 3.63) is 18.2 Å². The number of hydrogen-bond acceptors (Lipinski definition) is 5. The molecule has 0 bridgehead atoms. The van der Waals surface area contributed by atoms with Gasteiger partial charge in [-0.25, -0.2) is 4.79 Å². The molecule has 6 nitrogen and oxygen atoms in total. The number of fused-ring (bicyclic) bond motifs is 1. The summed E-state index contributed by atoms with van der Waals surface area (Å²) in [5.74, 6) is 0.357. The van der Waals surface area contributed by atoms with E-state index < -0.39 is 11.6 Å². The Bertz CT molecular complexity index is 538. The Morgan fingerprint density at radius 3 is 2.90 bits per heavy atom. The largest absolute Gasteiger partial charge is 0.482 e. The van der Waals surface area contributed by atoms with Crippen molar-refractivity contribution in [2.75, 3.05) is 18.5 Å². The van der Waals surface area contributed by atoms with Gasteiger partial charge in [0.15, 0.2) is 12.2 Å². The molecular weight excluding hydrogens is 262 g/mol. The fourth-order valence-corrected chi connectivity index (χ4v) is 1.77. The van der Waals surface area contributed by atoms with Gasteiger partial charge in [-0.15, -0.1) is 0 Å². The van der Waals surface area contributed by atoms with Crippen molar-refractivity contribution in [2.24, 2.45) is 0 Å². The number of esters is 1. The van der Waals surface area contributed by atoms with Gasteiger partial charge < -0.3 is 19.5 Å². The average molecular weight is 279 g/mol. The molecule has 0 unspecified atom stereocenters. The lowest BCUT2D eigenvalue weighted by Gasteiger charge is -2.25.